The van der Waals surface area contributed by atoms with Crippen LogP contribution in [0.25, 0.3) is 0 Å². The quantitative estimate of drug-likeness (QED) is 0.381. The van der Waals surface area contributed by atoms with E-state index in [1.165, 1.54) is 6.92 Å². The van der Waals surface area contributed by atoms with Crippen molar-refractivity contribution in [1.29, 1.82) is 0 Å². The fraction of sp³-hybridized carbons (Fsp3) is 0.211. The molecule has 5 nitrogen and oxygen atoms in total. The monoisotopic (exact) mass is 324 g/mol. The fourth-order valence-corrected chi connectivity index (χ4v) is 2.15. The smallest absolute Gasteiger partial charge is 0.263 e. The lowest BCUT2D eigenvalue weighted by Gasteiger charge is -2.19. The molecule has 5 heteroatoms. The van der Waals surface area contributed by atoms with Crippen molar-refractivity contribution in [3.05, 3.63) is 71.3 Å². The molecule has 0 fully saturated rings. The summed E-state index contributed by atoms with van der Waals surface area (Å²) in [6.07, 6.45) is -0.923. The van der Waals surface area contributed by atoms with Crippen LogP contribution >= 0.6 is 0 Å². The van der Waals surface area contributed by atoms with E-state index in [-0.39, 0.29) is 0 Å². The van der Waals surface area contributed by atoms with Gasteiger partial charge in [-0.15, -0.1) is 0 Å². The van der Waals surface area contributed by atoms with E-state index in [9.17, 15) is 9.90 Å². The van der Waals surface area contributed by atoms with Crippen LogP contribution in [0.5, 0.6) is 0 Å². The first-order chi connectivity index (χ1) is 11.6. The molecule has 0 aliphatic heterocycles. The third kappa shape index (κ3) is 5.21. The van der Waals surface area contributed by atoms with E-state index < -0.39 is 18.1 Å². The van der Waals surface area contributed by atoms with Crippen LogP contribution in [0.3, 0.4) is 0 Å². The Morgan fingerprint density at radius 3 is 2.17 bits per heavy atom. The molecule has 2 aromatic rings. The minimum Gasteiger partial charge on any atom is -0.391 e. The number of hydrogen-bond donors (Lipinski definition) is 4. The summed E-state index contributed by atoms with van der Waals surface area (Å²) in [4.78, 5) is 11.4. The maximum atomic E-state index is 11.4. The number of rotatable bonds is 5. The highest BCUT2D eigenvalue weighted by molar-refractivity contribution is 5.81. The maximum absolute atomic E-state index is 11.4. The number of aliphatic hydroxyl groups is 1. The molecule has 0 unspecified atom stereocenters. The standard InChI is InChI=1S/C19H20N2O3/c1-14(22)18(19(23)21-24)20-13-17-11-9-16(10-12-17)8-7-15-5-3-2-4-6-15/h2-6,9-12,14,18,20,22,24H,13H2,1H3,(H,21,23)/t14-,18+/m1/s1. The average Bonchev–Trinajstić information content (AvgIpc) is 2.61. The lowest BCUT2D eigenvalue weighted by molar-refractivity contribution is -0.134. The molecule has 4 N–H and O–H groups in total. The van der Waals surface area contributed by atoms with Crippen LogP contribution in [-0.2, 0) is 11.3 Å². The second kappa shape index (κ2) is 8.85. The minimum absolute atomic E-state index is 0.384. The Morgan fingerprint density at radius 1 is 1.04 bits per heavy atom. The highest BCUT2D eigenvalue weighted by Crippen LogP contribution is 2.05. The SMILES string of the molecule is C[C@@H](O)[C@H](NCc1ccc(C#Cc2ccccc2)cc1)C(=O)NO. The van der Waals surface area contributed by atoms with Gasteiger partial charge in [0.25, 0.3) is 5.91 Å². The Hall–Kier alpha value is -2.65. The van der Waals surface area contributed by atoms with E-state index in [2.05, 4.69) is 17.2 Å². The lowest BCUT2D eigenvalue weighted by Crippen LogP contribution is -2.49. The summed E-state index contributed by atoms with van der Waals surface area (Å²) in [6.45, 7) is 1.87. The summed E-state index contributed by atoms with van der Waals surface area (Å²) in [5.74, 6) is 5.51. The van der Waals surface area contributed by atoms with Crippen molar-refractivity contribution in [2.45, 2.75) is 25.6 Å². The predicted octanol–water partition coefficient (Wildman–Crippen LogP) is 1.43. The molecule has 24 heavy (non-hydrogen) atoms. The van der Waals surface area contributed by atoms with E-state index in [0.717, 1.165) is 16.7 Å². The van der Waals surface area contributed by atoms with Crippen LogP contribution in [-0.4, -0.2) is 28.4 Å². The molecular formula is C19H20N2O3. The van der Waals surface area contributed by atoms with E-state index in [1.807, 2.05) is 54.6 Å². The molecular weight excluding hydrogens is 304 g/mol. The molecule has 2 aromatic carbocycles. The van der Waals surface area contributed by atoms with Crippen molar-refractivity contribution in [3.8, 4) is 11.8 Å². The van der Waals surface area contributed by atoms with Crippen molar-refractivity contribution < 1.29 is 15.1 Å². The molecule has 0 spiro atoms. The third-order valence-electron chi connectivity index (χ3n) is 3.48. The van der Waals surface area contributed by atoms with Gasteiger partial charge in [-0.2, -0.15) is 0 Å². The first kappa shape index (κ1) is 17.7. The Balaban J connectivity index is 1.97. The number of aliphatic hydroxyl groups excluding tert-OH is 1. The van der Waals surface area contributed by atoms with Gasteiger partial charge in [-0.1, -0.05) is 42.2 Å². The largest absolute Gasteiger partial charge is 0.391 e. The molecule has 2 atom stereocenters. The number of nitrogens with one attached hydrogen (secondary N) is 2. The predicted molar refractivity (Wildman–Crippen MR) is 91.1 cm³/mol. The number of carbonyl (C=O) groups excluding carboxylic acids is 1. The molecule has 0 aliphatic carbocycles. The maximum Gasteiger partial charge on any atom is 0.263 e. The molecule has 124 valence electrons. The third-order valence-corrected chi connectivity index (χ3v) is 3.48. The summed E-state index contributed by atoms with van der Waals surface area (Å²) in [5, 5.41) is 21.1. The Labute approximate surface area is 141 Å². The second-order valence-corrected chi connectivity index (χ2v) is 5.39. The van der Waals surface area contributed by atoms with Gasteiger partial charge in [0.2, 0.25) is 0 Å². The highest BCUT2D eigenvalue weighted by Gasteiger charge is 2.22. The van der Waals surface area contributed by atoms with Gasteiger partial charge >= 0.3 is 0 Å². The topological polar surface area (TPSA) is 81.6 Å². The van der Waals surface area contributed by atoms with Crippen molar-refractivity contribution >= 4 is 5.91 Å². The summed E-state index contributed by atoms with van der Waals surface area (Å²) in [6, 6.07) is 16.5. The zero-order valence-electron chi connectivity index (χ0n) is 13.4. The van der Waals surface area contributed by atoms with Crippen LogP contribution in [0.2, 0.25) is 0 Å². The molecule has 0 bridgehead atoms. The molecule has 0 heterocycles. The van der Waals surface area contributed by atoms with Gasteiger partial charge in [-0.05, 0) is 36.8 Å². The molecule has 0 saturated heterocycles. The highest BCUT2D eigenvalue weighted by atomic mass is 16.5. The van der Waals surface area contributed by atoms with Gasteiger partial charge in [0, 0.05) is 17.7 Å². The summed E-state index contributed by atoms with van der Waals surface area (Å²) >= 11 is 0. The van der Waals surface area contributed by atoms with Crippen LogP contribution < -0.4 is 10.8 Å². The minimum atomic E-state index is -0.923. The number of benzene rings is 2. The Bertz CT molecular complexity index is 716. The number of carbonyl (C=O) groups is 1. The number of amides is 1. The molecule has 0 saturated carbocycles. The normalized spacial score (nSPS) is 12.6. The van der Waals surface area contributed by atoms with Crippen LogP contribution in [0.4, 0.5) is 0 Å². The second-order valence-electron chi connectivity index (χ2n) is 5.39. The summed E-state index contributed by atoms with van der Waals surface area (Å²) in [7, 11) is 0. The van der Waals surface area contributed by atoms with Gasteiger partial charge < -0.3 is 5.11 Å². The van der Waals surface area contributed by atoms with Gasteiger partial charge in [0.05, 0.1) is 6.10 Å². The Kier molecular flexibility index (Phi) is 6.52. The van der Waals surface area contributed by atoms with Gasteiger partial charge in [-0.25, -0.2) is 5.48 Å². The van der Waals surface area contributed by atoms with E-state index in [1.54, 1.807) is 5.48 Å². The van der Waals surface area contributed by atoms with Crippen molar-refractivity contribution in [3.63, 3.8) is 0 Å². The lowest BCUT2D eigenvalue weighted by atomic mass is 10.1. The van der Waals surface area contributed by atoms with Crippen LogP contribution in [0.15, 0.2) is 54.6 Å². The van der Waals surface area contributed by atoms with Gasteiger partial charge in [0.15, 0.2) is 0 Å². The average molecular weight is 324 g/mol. The van der Waals surface area contributed by atoms with E-state index >= 15 is 0 Å². The number of hydrogen-bond acceptors (Lipinski definition) is 4. The van der Waals surface area contributed by atoms with Crippen molar-refractivity contribution in [2.75, 3.05) is 0 Å². The molecule has 0 radical (unpaired) electrons. The zero-order valence-corrected chi connectivity index (χ0v) is 13.4. The molecule has 0 aliphatic rings. The summed E-state index contributed by atoms with van der Waals surface area (Å²) < 4.78 is 0. The first-order valence-corrected chi connectivity index (χ1v) is 7.61. The van der Waals surface area contributed by atoms with E-state index in [4.69, 9.17) is 5.21 Å². The van der Waals surface area contributed by atoms with Crippen LogP contribution in [0.1, 0.15) is 23.6 Å². The Morgan fingerprint density at radius 2 is 1.62 bits per heavy atom. The van der Waals surface area contributed by atoms with E-state index in [0.29, 0.717) is 6.54 Å². The van der Waals surface area contributed by atoms with Crippen molar-refractivity contribution in [2.24, 2.45) is 0 Å². The van der Waals surface area contributed by atoms with Gasteiger partial charge in [0.1, 0.15) is 6.04 Å². The summed E-state index contributed by atoms with van der Waals surface area (Å²) in [5.41, 5.74) is 4.33. The molecule has 2 rings (SSSR count). The first-order valence-electron chi connectivity index (χ1n) is 7.61. The van der Waals surface area contributed by atoms with Crippen molar-refractivity contribution in [1.82, 2.24) is 10.8 Å². The number of hydroxylamine groups is 1. The zero-order chi connectivity index (χ0) is 17.4. The van der Waals surface area contributed by atoms with Crippen LogP contribution in [0, 0.1) is 11.8 Å². The molecule has 0 aromatic heterocycles. The van der Waals surface area contributed by atoms with Gasteiger partial charge in [-0.3, -0.25) is 15.3 Å². The molecule has 1 amide bonds. The fourth-order valence-electron chi connectivity index (χ4n) is 2.15.